The van der Waals surface area contributed by atoms with Crippen LogP contribution < -0.4 is 4.89 Å². The van der Waals surface area contributed by atoms with Gasteiger partial charge >= 0.3 is 5.97 Å². The Balaban J connectivity index is 1.82. The minimum absolute atomic E-state index is 0.0499. The number of hydrogen-bond acceptors (Lipinski definition) is 3. The van der Waals surface area contributed by atoms with Gasteiger partial charge in [-0.1, -0.05) is 6.42 Å². The first-order valence-corrected chi connectivity index (χ1v) is 5.97. The SMILES string of the molecule is O=C(OOc1ccc(I)cc1)C1CCC1. The van der Waals surface area contributed by atoms with Crippen LogP contribution in [0.2, 0.25) is 0 Å². The van der Waals surface area contributed by atoms with E-state index in [9.17, 15) is 4.79 Å². The summed E-state index contributed by atoms with van der Waals surface area (Å²) in [5, 5.41) is 0. The van der Waals surface area contributed by atoms with Gasteiger partial charge in [-0.25, -0.2) is 4.79 Å². The van der Waals surface area contributed by atoms with Crippen LogP contribution in [0.5, 0.6) is 5.75 Å². The molecule has 0 amide bonds. The lowest BCUT2D eigenvalue weighted by atomic mass is 9.86. The summed E-state index contributed by atoms with van der Waals surface area (Å²) in [6.07, 6.45) is 2.97. The molecule has 80 valence electrons. The van der Waals surface area contributed by atoms with E-state index in [-0.39, 0.29) is 11.9 Å². The van der Waals surface area contributed by atoms with Gasteiger partial charge in [0.05, 0.1) is 5.92 Å². The van der Waals surface area contributed by atoms with Gasteiger partial charge in [0.25, 0.3) is 0 Å². The lowest BCUT2D eigenvalue weighted by molar-refractivity contribution is -0.221. The van der Waals surface area contributed by atoms with Gasteiger partial charge in [0.2, 0.25) is 0 Å². The third kappa shape index (κ3) is 2.84. The molecule has 4 heteroatoms. The summed E-state index contributed by atoms with van der Waals surface area (Å²) in [6, 6.07) is 7.34. The highest BCUT2D eigenvalue weighted by Crippen LogP contribution is 2.27. The summed E-state index contributed by atoms with van der Waals surface area (Å²) >= 11 is 2.20. The first-order chi connectivity index (χ1) is 7.25. The van der Waals surface area contributed by atoms with Crippen LogP contribution >= 0.6 is 22.6 Å². The van der Waals surface area contributed by atoms with Crippen molar-refractivity contribution >= 4 is 28.6 Å². The Bertz CT molecular complexity index is 343. The summed E-state index contributed by atoms with van der Waals surface area (Å²) < 4.78 is 1.12. The van der Waals surface area contributed by atoms with E-state index < -0.39 is 0 Å². The molecule has 0 heterocycles. The van der Waals surface area contributed by atoms with Gasteiger partial charge in [-0.3, -0.25) is 9.78 Å². The molecule has 2 rings (SSSR count). The van der Waals surface area contributed by atoms with Crippen molar-refractivity contribution in [2.45, 2.75) is 19.3 Å². The van der Waals surface area contributed by atoms with Crippen LogP contribution in [0.15, 0.2) is 24.3 Å². The molecule has 0 radical (unpaired) electrons. The Labute approximate surface area is 102 Å². The van der Waals surface area contributed by atoms with Crippen molar-refractivity contribution in [1.29, 1.82) is 0 Å². The molecule has 1 saturated carbocycles. The Kier molecular flexibility index (Phi) is 3.45. The molecular formula is C11H11IO3. The highest BCUT2D eigenvalue weighted by molar-refractivity contribution is 14.1. The van der Waals surface area contributed by atoms with Crippen LogP contribution in [-0.4, -0.2) is 5.97 Å². The third-order valence-electron chi connectivity index (χ3n) is 2.47. The number of benzene rings is 1. The quantitative estimate of drug-likeness (QED) is 0.488. The fraction of sp³-hybridized carbons (Fsp3) is 0.364. The standard InChI is InChI=1S/C11H11IO3/c12-9-4-6-10(7-5-9)14-15-11(13)8-2-1-3-8/h4-8H,1-3H2. The summed E-state index contributed by atoms with van der Waals surface area (Å²) in [7, 11) is 0. The molecule has 0 spiro atoms. The first kappa shape index (κ1) is 10.7. The second-order valence-electron chi connectivity index (χ2n) is 3.57. The van der Waals surface area contributed by atoms with Crippen LogP contribution in [0.4, 0.5) is 0 Å². The van der Waals surface area contributed by atoms with Gasteiger partial charge in [-0.15, -0.1) is 0 Å². The third-order valence-corrected chi connectivity index (χ3v) is 3.19. The van der Waals surface area contributed by atoms with Gasteiger partial charge in [-0.05, 0) is 59.7 Å². The molecule has 1 fully saturated rings. The van der Waals surface area contributed by atoms with Crippen LogP contribution in [0.25, 0.3) is 0 Å². The maximum absolute atomic E-state index is 11.3. The van der Waals surface area contributed by atoms with Crippen LogP contribution in [0, 0.1) is 9.49 Å². The molecule has 1 aromatic carbocycles. The number of carbonyl (C=O) groups is 1. The molecule has 1 aromatic rings. The van der Waals surface area contributed by atoms with Gasteiger partial charge < -0.3 is 0 Å². The molecule has 0 aromatic heterocycles. The maximum atomic E-state index is 11.3. The normalized spacial score (nSPS) is 15.5. The van der Waals surface area contributed by atoms with E-state index in [0.29, 0.717) is 5.75 Å². The van der Waals surface area contributed by atoms with Crippen molar-refractivity contribution < 1.29 is 14.6 Å². The topological polar surface area (TPSA) is 35.5 Å². The summed E-state index contributed by atoms with van der Waals surface area (Å²) in [5.74, 6) is 0.358. The van der Waals surface area contributed by atoms with Crippen molar-refractivity contribution in [3.8, 4) is 5.75 Å². The Morgan fingerprint density at radius 3 is 2.47 bits per heavy atom. The van der Waals surface area contributed by atoms with Crippen LogP contribution in [0.1, 0.15) is 19.3 Å². The molecule has 1 aliphatic rings. The number of halogens is 1. The minimum Gasteiger partial charge on any atom is -0.287 e. The van der Waals surface area contributed by atoms with Crippen molar-refractivity contribution in [3.63, 3.8) is 0 Å². The molecule has 0 atom stereocenters. The zero-order chi connectivity index (χ0) is 10.7. The summed E-state index contributed by atoms with van der Waals surface area (Å²) in [5.41, 5.74) is 0. The highest BCUT2D eigenvalue weighted by Gasteiger charge is 2.28. The largest absolute Gasteiger partial charge is 0.358 e. The van der Waals surface area contributed by atoms with E-state index in [0.717, 1.165) is 22.8 Å². The minimum atomic E-state index is -0.250. The monoisotopic (exact) mass is 318 g/mol. The van der Waals surface area contributed by atoms with E-state index in [4.69, 9.17) is 9.78 Å². The zero-order valence-electron chi connectivity index (χ0n) is 8.11. The molecular weight excluding hydrogens is 307 g/mol. The average molecular weight is 318 g/mol. The molecule has 15 heavy (non-hydrogen) atoms. The van der Waals surface area contributed by atoms with E-state index in [1.807, 2.05) is 12.1 Å². The summed E-state index contributed by atoms with van der Waals surface area (Å²) in [4.78, 5) is 21.0. The average Bonchev–Trinajstić information content (AvgIpc) is 2.14. The second-order valence-corrected chi connectivity index (χ2v) is 4.81. The molecule has 1 aliphatic carbocycles. The van der Waals surface area contributed by atoms with E-state index >= 15 is 0 Å². The number of hydrogen-bond donors (Lipinski definition) is 0. The second kappa shape index (κ2) is 4.83. The Hall–Kier alpha value is -0.780. The van der Waals surface area contributed by atoms with Crippen molar-refractivity contribution in [1.82, 2.24) is 0 Å². The molecule has 3 nitrogen and oxygen atoms in total. The lowest BCUT2D eigenvalue weighted by Crippen LogP contribution is -2.25. The van der Waals surface area contributed by atoms with Crippen molar-refractivity contribution in [2.75, 3.05) is 0 Å². The number of rotatable bonds is 3. The summed E-state index contributed by atoms with van der Waals surface area (Å²) in [6.45, 7) is 0. The van der Waals surface area contributed by atoms with E-state index in [2.05, 4.69) is 22.6 Å². The first-order valence-electron chi connectivity index (χ1n) is 4.89. The van der Waals surface area contributed by atoms with Crippen molar-refractivity contribution in [3.05, 3.63) is 27.8 Å². The molecule has 0 saturated heterocycles. The highest BCUT2D eigenvalue weighted by atomic mass is 127. The van der Waals surface area contributed by atoms with Crippen molar-refractivity contribution in [2.24, 2.45) is 5.92 Å². The maximum Gasteiger partial charge on any atom is 0.358 e. The van der Waals surface area contributed by atoms with Gasteiger partial charge in [-0.2, -0.15) is 0 Å². The fourth-order valence-corrected chi connectivity index (χ4v) is 1.65. The molecule has 0 aliphatic heterocycles. The van der Waals surface area contributed by atoms with E-state index in [1.165, 1.54) is 0 Å². The number of carbonyl (C=O) groups excluding carboxylic acids is 1. The predicted molar refractivity (Wildman–Crippen MR) is 63.2 cm³/mol. The predicted octanol–water partition coefficient (Wildman–Crippen LogP) is 2.93. The zero-order valence-corrected chi connectivity index (χ0v) is 10.3. The Morgan fingerprint density at radius 2 is 1.93 bits per heavy atom. The molecule has 0 N–H and O–H groups in total. The lowest BCUT2D eigenvalue weighted by Gasteiger charge is -2.21. The fourth-order valence-electron chi connectivity index (χ4n) is 1.29. The van der Waals surface area contributed by atoms with Gasteiger partial charge in [0.1, 0.15) is 0 Å². The molecule has 0 unspecified atom stereocenters. The van der Waals surface area contributed by atoms with Gasteiger partial charge in [0, 0.05) is 3.57 Å². The van der Waals surface area contributed by atoms with Gasteiger partial charge in [0.15, 0.2) is 5.75 Å². The van der Waals surface area contributed by atoms with E-state index in [1.54, 1.807) is 12.1 Å². The Morgan fingerprint density at radius 1 is 1.27 bits per heavy atom. The van der Waals surface area contributed by atoms with Crippen LogP contribution in [0.3, 0.4) is 0 Å². The van der Waals surface area contributed by atoms with Crippen LogP contribution in [-0.2, 0) is 9.68 Å². The smallest absolute Gasteiger partial charge is 0.287 e. The molecule has 0 bridgehead atoms.